The van der Waals surface area contributed by atoms with Crippen LogP contribution in [0.25, 0.3) is 28.6 Å². The maximum atomic E-state index is 13.0. The molecule has 0 unspecified atom stereocenters. The number of nitrogens with one attached hydrogen (secondary N) is 1. The van der Waals surface area contributed by atoms with E-state index in [-0.39, 0.29) is 0 Å². The van der Waals surface area contributed by atoms with E-state index in [9.17, 15) is 26.3 Å². The highest BCUT2D eigenvalue weighted by molar-refractivity contribution is 9.10. The van der Waals surface area contributed by atoms with Crippen molar-refractivity contribution < 1.29 is 26.3 Å². The Labute approximate surface area is 244 Å². The summed E-state index contributed by atoms with van der Waals surface area (Å²) >= 11 is 7.79. The number of hydrogen-bond acceptors (Lipinski definition) is 5. The molecule has 15 heteroatoms. The van der Waals surface area contributed by atoms with E-state index < -0.39 is 23.5 Å². The topological polar surface area (TPSA) is 72.3 Å². The van der Waals surface area contributed by atoms with Crippen LogP contribution in [0.3, 0.4) is 0 Å². The largest absolute Gasteiger partial charge is 0.416 e. The van der Waals surface area contributed by atoms with Crippen LogP contribution in [0.2, 0.25) is 0 Å². The summed E-state index contributed by atoms with van der Waals surface area (Å²) in [7, 11) is 0. The van der Waals surface area contributed by atoms with Crippen LogP contribution in [0, 0.1) is 0 Å². The third kappa shape index (κ3) is 7.31. The van der Waals surface area contributed by atoms with Crippen molar-refractivity contribution in [2.45, 2.75) is 17.5 Å². The molecule has 3 heterocycles. The van der Waals surface area contributed by atoms with Gasteiger partial charge in [0.05, 0.1) is 17.3 Å². The van der Waals surface area contributed by atoms with Crippen molar-refractivity contribution in [2.75, 3.05) is 6.26 Å². The van der Waals surface area contributed by atoms with Crippen LogP contribution in [0.4, 0.5) is 26.3 Å². The first kappa shape index (κ1) is 29.8. The van der Waals surface area contributed by atoms with Crippen molar-refractivity contribution in [1.82, 2.24) is 29.5 Å². The van der Waals surface area contributed by atoms with Gasteiger partial charge in [-0.3, -0.25) is 4.57 Å². The first-order chi connectivity index (χ1) is 18.8. The van der Waals surface area contributed by atoms with E-state index in [0.29, 0.717) is 43.0 Å². The fraction of sp³-hybridized carbons (Fsp3) is 0.120. The average Bonchev–Trinajstić information content (AvgIpc) is 3.54. The summed E-state index contributed by atoms with van der Waals surface area (Å²) in [4.78, 5) is 19.5. The quantitative estimate of drug-likeness (QED) is 0.115. The Balaban J connectivity index is 0.000000201. The maximum absolute atomic E-state index is 13.0. The third-order valence-corrected chi connectivity index (χ3v) is 6.53. The van der Waals surface area contributed by atoms with Gasteiger partial charge in [-0.15, -0.1) is 0 Å². The summed E-state index contributed by atoms with van der Waals surface area (Å²) in [5.74, 6) is 1.29. The van der Waals surface area contributed by atoms with Crippen molar-refractivity contribution >= 4 is 43.6 Å². The second-order valence-electron chi connectivity index (χ2n) is 7.90. The van der Waals surface area contributed by atoms with Gasteiger partial charge in [0.25, 0.3) is 0 Å². The molecule has 208 valence electrons. The molecule has 0 saturated heterocycles. The Bertz CT molecular complexity index is 1620. The Hall–Kier alpha value is -3.17. The van der Waals surface area contributed by atoms with Crippen molar-refractivity contribution in [1.29, 1.82) is 0 Å². The number of nitrogens with zero attached hydrogens (tertiary/aromatic N) is 5. The molecule has 0 amide bonds. The second kappa shape index (κ2) is 12.1. The molecule has 5 rings (SSSR count). The summed E-state index contributed by atoms with van der Waals surface area (Å²) in [6.07, 6.45) is -2.16. The fourth-order valence-electron chi connectivity index (χ4n) is 3.42. The number of imidazole rings is 2. The number of H-pyrrole nitrogens is 1. The van der Waals surface area contributed by atoms with Crippen LogP contribution < -0.4 is 0 Å². The van der Waals surface area contributed by atoms with Gasteiger partial charge in [0.15, 0.2) is 5.16 Å². The van der Waals surface area contributed by atoms with Crippen LogP contribution in [-0.4, -0.2) is 35.7 Å². The minimum Gasteiger partial charge on any atom is -0.333 e. The molecule has 0 spiro atoms. The van der Waals surface area contributed by atoms with Gasteiger partial charge in [-0.25, -0.2) is 19.9 Å². The average molecular weight is 706 g/mol. The minimum absolute atomic E-state index is 0.347. The molecule has 0 aliphatic heterocycles. The highest BCUT2D eigenvalue weighted by Crippen LogP contribution is 2.33. The van der Waals surface area contributed by atoms with Crippen molar-refractivity contribution in [3.8, 4) is 28.6 Å². The van der Waals surface area contributed by atoms with Crippen LogP contribution in [0.15, 0.2) is 87.6 Å². The molecule has 6 nitrogen and oxygen atoms in total. The van der Waals surface area contributed by atoms with Gasteiger partial charge >= 0.3 is 12.4 Å². The van der Waals surface area contributed by atoms with E-state index in [2.05, 4.69) is 56.8 Å². The lowest BCUT2D eigenvalue weighted by atomic mass is 10.1. The lowest BCUT2D eigenvalue weighted by Gasteiger charge is -2.10. The Morgan fingerprint density at radius 3 is 2.02 bits per heavy atom. The zero-order chi connectivity index (χ0) is 29.1. The van der Waals surface area contributed by atoms with Gasteiger partial charge in [0, 0.05) is 23.5 Å². The number of alkyl halides is 6. The van der Waals surface area contributed by atoms with Gasteiger partial charge in [0.1, 0.15) is 26.7 Å². The normalized spacial score (nSPS) is 11.7. The molecule has 0 atom stereocenters. The number of aromatic nitrogens is 6. The molecule has 2 aromatic carbocycles. The summed E-state index contributed by atoms with van der Waals surface area (Å²) in [6.45, 7) is 0. The molecule has 0 bridgehead atoms. The van der Waals surface area contributed by atoms with Crippen molar-refractivity contribution in [3.63, 3.8) is 0 Å². The number of benzene rings is 2. The minimum atomic E-state index is -4.41. The third-order valence-electron chi connectivity index (χ3n) is 5.18. The van der Waals surface area contributed by atoms with Gasteiger partial charge in [-0.1, -0.05) is 36.0 Å². The van der Waals surface area contributed by atoms with E-state index in [1.165, 1.54) is 30.1 Å². The zero-order valence-corrected chi connectivity index (χ0v) is 24.1. The molecule has 0 aliphatic rings. The monoisotopic (exact) mass is 704 g/mol. The maximum Gasteiger partial charge on any atom is 0.416 e. The number of halogens is 8. The molecule has 0 saturated carbocycles. The Kier molecular flexibility index (Phi) is 9.05. The summed E-state index contributed by atoms with van der Waals surface area (Å²) in [5, 5.41) is 0.562. The molecule has 3 aromatic heterocycles. The van der Waals surface area contributed by atoms with Crippen molar-refractivity contribution in [3.05, 3.63) is 93.5 Å². The van der Waals surface area contributed by atoms with Gasteiger partial charge in [-0.2, -0.15) is 26.3 Å². The van der Waals surface area contributed by atoms with E-state index in [1.807, 2.05) is 6.26 Å². The van der Waals surface area contributed by atoms with Gasteiger partial charge < -0.3 is 4.98 Å². The second-order valence-corrected chi connectivity index (χ2v) is 10.3. The number of hydrogen-bond donors (Lipinski definition) is 1. The highest BCUT2D eigenvalue weighted by Gasteiger charge is 2.31. The number of thioether (sulfide) groups is 1. The molecule has 0 radical (unpaired) electrons. The molecule has 40 heavy (non-hydrogen) atoms. The highest BCUT2D eigenvalue weighted by atomic mass is 79.9. The van der Waals surface area contributed by atoms with E-state index >= 15 is 0 Å². The molecule has 1 N–H and O–H groups in total. The van der Waals surface area contributed by atoms with E-state index in [1.54, 1.807) is 35.2 Å². The van der Waals surface area contributed by atoms with Crippen LogP contribution in [0.1, 0.15) is 11.1 Å². The molecule has 5 aromatic rings. The van der Waals surface area contributed by atoms with Gasteiger partial charge in [-0.05, 0) is 68.4 Å². The summed E-state index contributed by atoms with van der Waals surface area (Å²) < 4.78 is 79.0. The molecule has 0 aliphatic carbocycles. The van der Waals surface area contributed by atoms with Crippen LogP contribution in [-0.2, 0) is 12.4 Å². The first-order valence-corrected chi connectivity index (χ1v) is 13.8. The predicted molar refractivity (Wildman–Crippen MR) is 146 cm³/mol. The smallest absolute Gasteiger partial charge is 0.333 e. The molecule has 0 fully saturated rings. The Morgan fingerprint density at radius 1 is 0.825 bits per heavy atom. The number of rotatable bonds is 4. The predicted octanol–water partition coefficient (Wildman–Crippen LogP) is 8.69. The Morgan fingerprint density at radius 2 is 1.45 bits per heavy atom. The zero-order valence-electron chi connectivity index (χ0n) is 20.1. The first-order valence-electron chi connectivity index (χ1n) is 11.0. The summed E-state index contributed by atoms with van der Waals surface area (Å²) in [5.41, 5.74) is -0.656. The van der Waals surface area contributed by atoms with Gasteiger partial charge in [0.2, 0.25) is 0 Å². The van der Waals surface area contributed by atoms with Crippen molar-refractivity contribution in [2.24, 2.45) is 0 Å². The lowest BCUT2D eigenvalue weighted by molar-refractivity contribution is -0.138. The van der Waals surface area contributed by atoms with Crippen LogP contribution >= 0.6 is 43.6 Å². The molecular weight excluding hydrogens is 690 g/mol. The standard InChI is InChI=1S/C15H10BrF3N4S.C10H6BrF3N2/c1-24-14-20-6-5-12(22-14)23-8-11(16)21-13(23)9-3-2-4-10(7-9)15(17,18)19;11-8-5-15-9(16-8)6-2-1-3-7(4-6)10(12,13)14/h2-8H,1H3;1-5H,(H,15,16). The van der Waals surface area contributed by atoms with Crippen LogP contribution in [0.5, 0.6) is 0 Å². The molecular formula is C25H16Br2F6N6S. The number of aromatic amines is 1. The van der Waals surface area contributed by atoms with E-state index in [4.69, 9.17) is 0 Å². The van der Waals surface area contributed by atoms with E-state index in [0.717, 1.165) is 24.3 Å². The fourth-order valence-corrected chi connectivity index (χ4v) is 4.43. The summed E-state index contributed by atoms with van der Waals surface area (Å²) in [6, 6.07) is 11.7. The lowest BCUT2D eigenvalue weighted by Crippen LogP contribution is -2.05. The SMILES string of the molecule is CSc1nccc(-n2cc(Br)nc2-c2cccc(C(F)(F)F)c2)n1.FC(F)(F)c1cccc(-c2ncc(Br)[nH]2)c1.